The number of nitriles is 1. The van der Waals surface area contributed by atoms with Crippen LogP contribution in [0.2, 0.25) is 10.0 Å². The van der Waals surface area contributed by atoms with E-state index in [-0.39, 0.29) is 32.8 Å². The molecule has 0 saturated carbocycles. The van der Waals surface area contributed by atoms with Crippen molar-refractivity contribution >= 4 is 29.2 Å². The van der Waals surface area contributed by atoms with Crippen LogP contribution in [0.25, 0.3) is 0 Å². The van der Waals surface area contributed by atoms with E-state index in [4.69, 9.17) is 38.3 Å². The number of hydrogen-bond acceptors (Lipinski definition) is 4. The molecule has 7 heteroatoms. The Morgan fingerprint density at radius 1 is 1.35 bits per heavy atom. The maximum atomic E-state index is 10.8. The molecular formula is C13H6Cl2N2O3. The highest BCUT2D eigenvalue weighted by molar-refractivity contribution is 6.33. The molecular weight excluding hydrogens is 303 g/mol. The van der Waals surface area contributed by atoms with E-state index in [2.05, 4.69) is 4.98 Å². The second-order valence-corrected chi connectivity index (χ2v) is 4.43. The molecule has 0 fully saturated rings. The van der Waals surface area contributed by atoms with Gasteiger partial charge in [-0.15, -0.1) is 0 Å². The Kier molecular flexibility index (Phi) is 4.08. The third-order valence-electron chi connectivity index (χ3n) is 2.36. The molecule has 0 saturated heterocycles. The topological polar surface area (TPSA) is 83.2 Å². The first-order valence-electron chi connectivity index (χ1n) is 5.28. The summed E-state index contributed by atoms with van der Waals surface area (Å²) in [5.41, 5.74) is 0.252. The summed E-state index contributed by atoms with van der Waals surface area (Å²) in [7, 11) is 0. The number of benzene rings is 1. The molecule has 0 aliphatic heterocycles. The van der Waals surface area contributed by atoms with Gasteiger partial charge in [0.05, 0.1) is 16.1 Å². The van der Waals surface area contributed by atoms with Gasteiger partial charge in [0.25, 0.3) is 0 Å². The molecule has 0 bridgehead atoms. The number of aromatic carboxylic acids is 1. The second kappa shape index (κ2) is 5.78. The second-order valence-electron chi connectivity index (χ2n) is 3.64. The summed E-state index contributed by atoms with van der Waals surface area (Å²) in [5.74, 6) is -0.877. The first-order valence-corrected chi connectivity index (χ1v) is 6.04. The van der Waals surface area contributed by atoms with Gasteiger partial charge in [0.2, 0.25) is 5.88 Å². The van der Waals surface area contributed by atoms with Crippen LogP contribution in [0, 0.1) is 11.3 Å². The van der Waals surface area contributed by atoms with E-state index in [0.29, 0.717) is 0 Å². The third kappa shape index (κ3) is 2.82. The van der Waals surface area contributed by atoms with Crippen molar-refractivity contribution in [1.82, 2.24) is 4.98 Å². The zero-order valence-corrected chi connectivity index (χ0v) is 11.3. The predicted octanol–water partition coefficient (Wildman–Crippen LogP) is 3.75. The fraction of sp³-hybridized carbons (Fsp3) is 0. The minimum Gasteiger partial charge on any atom is -0.478 e. The molecule has 0 atom stereocenters. The molecule has 0 amide bonds. The van der Waals surface area contributed by atoms with E-state index >= 15 is 0 Å². The Morgan fingerprint density at radius 2 is 2.10 bits per heavy atom. The number of aromatic nitrogens is 1. The zero-order valence-electron chi connectivity index (χ0n) is 9.80. The standard InChI is InChI=1S/C13H6Cl2N2O3/c14-9-5-7(13(18)19)1-2-10(9)20-12-11(15)8(6-16)3-4-17-12/h1-5H,(H,18,19). The average molecular weight is 309 g/mol. The lowest BCUT2D eigenvalue weighted by Crippen LogP contribution is -1.97. The van der Waals surface area contributed by atoms with E-state index in [1.54, 1.807) is 0 Å². The summed E-state index contributed by atoms with van der Waals surface area (Å²) >= 11 is 11.9. The zero-order chi connectivity index (χ0) is 14.7. The fourth-order valence-corrected chi connectivity index (χ4v) is 1.81. The van der Waals surface area contributed by atoms with Crippen molar-refractivity contribution in [2.45, 2.75) is 0 Å². The van der Waals surface area contributed by atoms with Crippen LogP contribution >= 0.6 is 23.2 Å². The largest absolute Gasteiger partial charge is 0.478 e. The first-order chi connectivity index (χ1) is 9.52. The fourth-order valence-electron chi connectivity index (χ4n) is 1.40. The van der Waals surface area contributed by atoms with E-state index in [0.717, 1.165) is 0 Å². The summed E-state index contributed by atoms with van der Waals surface area (Å²) in [6.45, 7) is 0. The Bertz CT molecular complexity index is 726. The quantitative estimate of drug-likeness (QED) is 0.933. The lowest BCUT2D eigenvalue weighted by Gasteiger charge is -2.09. The number of pyridine rings is 1. The predicted molar refractivity (Wildman–Crippen MR) is 72.4 cm³/mol. The number of ether oxygens (including phenoxy) is 1. The van der Waals surface area contributed by atoms with Crippen molar-refractivity contribution in [3.05, 3.63) is 51.6 Å². The number of hydrogen-bond donors (Lipinski definition) is 1. The SMILES string of the molecule is N#Cc1ccnc(Oc2ccc(C(=O)O)cc2Cl)c1Cl. The first kappa shape index (κ1) is 14.1. The van der Waals surface area contributed by atoms with Crippen LogP contribution in [0.1, 0.15) is 15.9 Å². The van der Waals surface area contributed by atoms with E-state index in [1.807, 2.05) is 6.07 Å². The van der Waals surface area contributed by atoms with Crippen LogP contribution in [-0.4, -0.2) is 16.1 Å². The normalized spacial score (nSPS) is 9.85. The van der Waals surface area contributed by atoms with Gasteiger partial charge in [0, 0.05) is 6.20 Å². The maximum absolute atomic E-state index is 10.8. The molecule has 0 spiro atoms. The molecule has 100 valence electrons. The number of carboxylic acid groups (broad SMARTS) is 1. The maximum Gasteiger partial charge on any atom is 0.335 e. The smallest absolute Gasteiger partial charge is 0.335 e. The van der Waals surface area contributed by atoms with E-state index in [1.165, 1.54) is 30.5 Å². The molecule has 1 aromatic carbocycles. The van der Waals surface area contributed by atoms with Gasteiger partial charge < -0.3 is 9.84 Å². The lowest BCUT2D eigenvalue weighted by molar-refractivity contribution is 0.0697. The summed E-state index contributed by atoms with van der Waals surface area (Å²) < 4.78 is 5.40. The number of carbonyl (C=O) groups is 1. The Morgan fingerprint density at radius 3 is 2.70 bits per heavy atom. The van der Waals surface area contributed by atoms with Gasteiger partial charge in [-0.05, 0) is 24.3 Å². The molecule has 20 heavy (non-hydrogen) atoms. The highest BCUT2D eigenvalue weighted by Crippen LogP contribution is 2.33. The third-order valence-corrected chi connectivity index (χ3v) is 3.02. The van der Waals surface area contributed by atoms with Gasteiger partial charge in [-0.3, -0.25) is 0 Å². The van der Waals surface area contributed by atoms with Crippen molar-refractivity contribution in [2.75, 3.05) is 0 Å². The van der Waals surface area contributed by atoms with E-state index in [9.17, 15) is 4.79 Å². The Labute approximate surface area is 124 Å². The molecule has 0 aliphatic carbocycles. The molecule has 2 aromatic rings. The van der Waals surface area contributed by atoms with Crippen molar-refractivity contribution in [3.63, 3.8) is 0 Å². The van der Waals surface area contributed by atoms with Gasteiger partial charge in [-0.2, -0.15) is 5.26 Å². The van der Waals surface area contributed by atoms with Gasteiger partial charge >= 0.3 is 5.97 Å². The van der Waals surface area contributed by atoms with Crippen molar-refractivity contribution in [3.8, 4) is 17.7 Å². The minimum absolute atomic E-state index is 0.0238. The molecule has 1 heterocycles. The molecule has 0 unspecified atom stereocenters. The average Bonchev–Trinajstić information content (AvgIpc) is 2.43. The van der Waals surface area contributed by atoms with Gasteiger partial charge in [-0.25, -0.2) is 9.78 Å². The van der Waals surface area contributed by atoms with Crippen LogP contribution in [0.15, 0.2) is 30.5 Å². The summed E-state index contributed by atoms with van der Waals surface area (Å²) in [5, 5.41) is 17.9. The summed E-state index contributed by atoms with van der Waals surface area (Å²) in [4.78, 5) is 14.7. The molecule has 5 nitrogen and oxygen atoms in total. The van der Waals surface area contributed by atoms with Crippen LogP contribution in [-0.2, 0) is 0 Å². The van der Waals surface area contributed by atoms with Crippen molar-refractivity contribution < 1.29 is 14.6 Å². The molecule has 1 aromatic heterocycles. The van der Waals surface area contributed by atoms with Gasteiger partial charge in [0.15, 0.2) is 0 Å². The van der Waals surface area contributed by atoms with Crippen molar-refractivity contribution in [2.24, 2.45) is 0 Å². The van der Waals surface area contributed by atoms with Crippen LogP contribution in [0.3, 0.4) is 0 Å². The number of rotatable bonds is 3. The monoisotopic (exact) mass is 308 g/mol. The molecule has 0 aliphatic rings. The number of nitrogens with zero attached hydrogens (tertiary/aromatic N) is 2. The highest BCUT2D eigenvalue weighted by atomic mass is 35.5. The summed E-state index contributed by atoms with van der Waals surface area (Å²) in [6.07, 6.45) is 1.37. The Hall–Kier alpha value is -2.29. The van der Waals surface area contributed by atoms with Crippen LogP contribution in [0.4, 0.5) is 0 Å². The highest BCUT2D eigenvalue weighted by Gasteiger charge is 2.13. The Balaban J connectivity index is 2.36. The lowest BCUT2D eigenvalue weighted by atomic mass is 10.2. The minimum atomic E-state index is -1.10. The van der Waals surface area contributed by atoms with Gasteiger partial charge in [0.1, 0.15) is 16.8 Å². The van der Waals surface area contributed by atoms with E-state index < -0.39 is 5.97 Å². The van der Waals surface area contributed by atoms with Crippen LogP contribution < -0.4 is 4.74 Å². The van der Waals surface area contributed by atoms with Crippen molar-refractivity contribution in [1.29, 1.82) is 5.26 Å². The van der Waals surface area contributed by atoms with Crippen LogP contribution in [0.5, 0.6) is 11.6 Å². The molecule has 0 radical (unpaired) electrons. The number of carboxylic acids is 1. The summed E-state index contributed by atoms with van der Waals surface area (Å²) in [6, 6.07) is 7.33. The number of halogens is 2. The molecule has 2 rings (SSSR count). The molecule has 1 N–H and O–H groups in total. The van der Waals surface area contributed by atoms with Gasteiger partial charge in [-0.1, -0.05) is 23.2 Å².